The largest absolute Gasteiger partial charge is 0.497 e. The lowest BCUT2D eigenvalue weighted by molar-refractivity contribution is 0.0735. The van der Waals surface area contributed by atoms with Gasteiger partial charge in [-0.05, 0) is 48.5 Å². The molecular formula is C24H18O7. The number of hydrogen-bond acceptors (Lipinski definition) is 7. The summed E-state index contributed by atoms with van der Waals surface area (Å²) in [7, 11) is 3.06. The van der Waals surface area contributed by atoms with E-state index in [2.05, 4.69) is 0 Å². The van der Waals surface area contributed by atoms with E-state index in [9.17, 15) is 9.59 Å². The Morgan fingerprint density at radius 1 is 0.806 bits per heavy atom. The van der Waals surface area contributed by atoms with Crippen molar-refractivity contribution in [2.24, 2.45) is 0 Å². The van der Waals surface area contributed by atoms with Crippen molar-refractivity contribution < 1.29 is 28.2 Å². The normalized spacial score (nSPS) is 10.5. The van der Waals surface area contributed by atoms with E-state index in [0.717, 1.165) is 0 Å². The maximum Gasteiger partial charge on any atom is 0.343 e. The smallest absolute Gasteiger partial charge is 0.343 e. The fourth-order valence-corrected chi connectivity index (χ4v) is 2.94. The summed E-state index contributed by atoms with van der Waals surface area (Å²) in [5.74, 6) is 1.23. The Kier molecular flexibility index (Phi) is 5.57. The van der Waals surface area contributed by atoms with Gasteiger partial charge in [0.05, 0.1) is 25.2 Å². The van der Waals surface area contributed by atoms with E-state index in [1.807, 2.05) is 0 Å². The second-order valence-electron chi connectivity index (χ2n) is 6.46. The highest BCUT2D eigenvalue weighted by molar-refractivity contribution is 5.91. The lowest BCUT2D eigenvalue weighted by atomic mass is 10.2. The zero-order chi connectivity index (χ0) is 21.8. The van der Waals surface area contributed by atoms with E-state index in [4.69, 9.17) is 23.4 Å². The average Bonchev–Trinajstić information content (AvgIpc) is 2.81. The summed E-state index contributed by atoms with van der Waals surface area (Å²) in [5, 5.41) is 0.289. The summed E-state index contributed by atoms with van der Waals surface area (Å²) in [6, 6.07) is 18.0. The van der Waals surface area contributed by atoms with Gasteiger partial charge in [-0.15, -0.1) is 0 Å². The third kappa shape index (κ3) is 4.20. The summed E-state index contributed by atoms with van der Waals surface area (Å²) >= 11 is 0. The molecule has 31 heavy (non-hydrogen) atoms. The van der Waals surface area contributed by atoms with Gasteiger partial charge in [-0.3, -0.25) is 4.79 Å². The third-order valence-electron chi connectivity index (χ3n) is 4.54. The Morgan fingerprint density at radius 3 is 2.23 bits per heavy atom. The van der Waals surface area contributed by atoms with Crippen LogP contribution in [-0.2, 0) is 0 Å². The fourth-order valence-electron chi connectivity index (χ4n) is 2.94. The van der Waals surface area contributed by atoms with Crippen LogP contribution in [0.1, 0.15) is 10.4 Å². The summed E-state index contributed by atoms with van der Waals surface area (Å²) in [6.07, 6.45) is 1.21. The molecule has 0 saturated heterocycles. The highest BCUT2D eigenvalue weighted by atomic mass is 16.5. The van der Waals surface area contributed by atoms with Crippen LogP contribution >= 0.6 is 0 Å². The Balaban J connectivity index is 1.58. The van der Waals surface area contributed by atoms with E-state index in [1.165, 1.54) is 31.6 Å². The second kappa shape index (κ2) is 8.62. The number of carbonyl (C=O) groups is 1. The van der Waals surface area contributed by atoms with Gasteiger partial charge in [0.1, 0.15) is 23.3 Å². The number of rotatable bonds is 6. The summed E-state index contributed by atoms with van der Waals surface area (Å²) in [5.41, 5.74) is 0.264. The molecule has 4 aromatic rings. The molecule has 4 rings (SSSR count). The van der Waals surface area contributed by atoms with E-state index in [-0.39, 0.29) is 27.9 Å². The van der Waals surface area contributed by atoms with Crippen LogP contribution in [0.3, 0.4) is 0 Å². The number of para-hydroxylation sites is 2. The zero-order valence-electron chi connectivity index (χ0n) is 16.8. The molecular weight excluding hydrogens is 400 g/mol. The average molecular weight is 418 g/mol. The lowest BCUT2D eigenvalue weighted by Gasteiger charge is -2.10. The molecule has 0 aliphatic rings. The van der Waals surface area contributed by atoms with Crippen LogP contribution < -0.4 is 24.4 Å². The van der Waals surface area contributed by atoms with Crippen molar-refractivity contribution in [3.63, 3.8) is 0 Å². The van der Waals surface area contributed by atoms with Crippen molar-refractivity contribution in [3.05, 3.63) is 88.8 Å². The molecule has 3 aromatic carbocycles. The van der Waals surface area contributed by atoms with E-state index in [0.29, 0.717) is 22.8 Å². The molecule has 7 nitrogen and oxygen atoms in total. The van der Waals surface area contributed by atoms with Crippen LogP contribution in [0.4, 0.5) is 0 Å². The first-order valence-electron chi connectivity index (χ1n) is 9.31. The van der Waals surface area contributed by atoms with Gasteiger partial charge in [0, 0.05) is 6.07 Å². The molecule has 0 unspecified atom stereocenters. The Morgan fingerprint density at radius 2 is 1.52 bits per heavy atom. The van der Waals surface area contributed by atoms with E-state index in [1.54, 1.807) is 55.6 Å². The molecule has 1 aromatic heterocycles. The number of carbonyl (C=O) groups excluding carboxylic acids is 1. The quantitative estimate of drug-likeness (QED) is 0.328. The first-order chi connectivity index (χ1) is 15.1. The number of benzene rings is 3. The molecule has 0 atom stereocenters. The minimum Gasteiger partial charge on any atom is -0.497 e. The predicted molar refractivity (Wildman–Crippen MR) is 114 cm³/mol. The van der Waals surface area contributed by atoms with Gasteiger partial charge in [-0.1, -0.05) is 12.1 Å². The molecule has 0 bridgehead atoms. The molecule has 156 valence electrons. The summed E-state index contributed by atoms with van der Waals surface area (Å²) in [6.45, 7) is 0. The molecule has 0 aliphatic heterocycles. The molecule has 0 amide bonds. The second-order valence-corrected chi connectivity index (χ2v) is 6.46. The fraction of sp³-hybridized carbons (Fsp3) is 0.0833. The molecule has 0 aliphatic carbocycles. The molecule has 0 radical (unpaired) electrons. The van der Waals surface area contributed by atoms with Crippen LogP contribution in [0.25, 0.3) is 11.0 Å². The van der Waals surface area contributed by atoms with Crippen molar-refractivity contribution in [3.8, 4) is 28.7 Å². The maximum absolute atomic E-state index is 12.8. The predicted octanol–water partition coefficient (Wildman–Crippen LogP) is 4.82. The molecule has 1 heterocycles. The topological polar surface area (TPSA) is 84.2 Å². The van der Waals surface area contributed by atoms with Crippen molar-refractivity contribution in [2.45, 2.75) is 0 Å². The van der Waals surface area contributed by atoms with Gasteiger partial charge in [0.25, 0.3) is 0 Å². The zero-order valence-corrected chi connectivity index (χ0v) is 16.8. The maximum atomic E-state index is 12.8. The minimum absolute atomic E-state index is 0.0139. The molecule has 0 N–H and O–H groups in total. The number of fused-ring (bicyclic) bond motifs is 1. The van der Waals surface area contributed by atoms with Crippen molar-refractivity contribution >= 4 is 16.9 Å². The summed E-state index contributed by atoms with van der Waals surface area (Å²) < 4.78 is 26.9. The van der Waals surface area contributed by atoms with Crippen LogP contribution in [0.5, 0.6) is 28.7 Å². The van der Waals surface area contributed by atoms with Gasteiger partial charge >= 0.3 is 5.97 Å². The first-order valence-corrected chi connectivity index (χ1v) is 9.31. The first kappa shape index (κ1) is 20.0. The van der Waals surface area contributed by atoms with Crippen LogP contribution in [-0.4, -0.2) is 20.2 Å². The lowest BCUT2D eigenvalue weighted by Crippen LogP contribution is -2.09. The van der Waals surface area contributed by atoms with Gasteiger partial charge in [0.2, 0.25) is 11.2 Å². The molecule has 7 heteroatoms. The van der Waals surface area contributed by atoms with Crippen LogP contribution in [0.2, 0.25) is 0 Å². The van der Waals surface area contributed by atoms with Gasteiger partial charge in [-0.25, -0.2) is 4.79 Å². The van der Waals surface area contributed by atoms with Gasteiger partial charge < -0.3 is 23.4 Å². The van der Waals surface area contributed by atoms with Gasteiger partial charge in [-0.2, -0.15) is 0 Å². The minimum atomic E-state index is -0.541. The third-order valence-corrected chi connectivity index (χ3v) is 4.54. The SMILES string of the molecule is COc1ccc(C(=O)Oc2ccc3c(=O)c(Oc4ccccc4OC)coc3c2)cc1. The van der Waals surface area contributed by atoms with Crippen LogP contribution in [0.15, 0.2) is 82.2 Å². The Bertz CT molecular complexity index is 1290. The molecule has 0 spiro atoms. The van der Waals surface area contributed by atoms with Gasteiger partial charge in [0.15, 0.2) is 11.5 Å². The number of esters is 1. The van der Waals surface area contributed by atoms with Crippen molar-refractivity contribution in [1.82, 2.24) is 0 Å². The van der Waals surface area contributed by atoms with Crippen molar-refractivity contribution in [2.75, 3.05) is 14.2 Å². The number of hydrogen-bond donors (Lipinski definition) is 0. The van der Waals surface area contributed by atoms with Crippen LogP contribution in [0, 0.1) is 0 Å². The number of methoxy groups -OCH3 is 2. The monoisotopic (exact) mass is 418 g/mol. The Hall–Kier alpha value is -4.26. The van der Waals surface area contributed by atoms with E-state index < -0.39 is 5.97 Å². The number of ether oxygens (including phenoxy) is 4. The van der Waals surface area contributed by atoms with Crippen molar-refractivity contribution in [1.29, 1.82) is 0 Å². The highest BCUT2D eigenvalue weighted by Gasteiger charge is 2.14. The Labute approximate surface area is 177 Å². The standard InChI is InChI=1S/C24H18O7/c1-27-16-9-7-15(8-10-16)24(26)30-17-11-12-18-21(13-17)29-14-22(23(18)25)31-20-6-4-3-5-19(20)28-2/h3-14H,1-2H3. The summed E-state index contributed by atoms with van der Waals surface area (Å²) in [4.78, 5) is 25.1. The molecule has 0 fully saturated rings. The molecule has 0 saturated carbocycles. The highest BCUT2D eigenvalue weighted by Crippen LogP contribution is 2.30. The van der Waals surface area contributed by atoms with E-state index >= 15 is 0 Å².